The first-order valence-corrected chi connectivity index (χ1v) is 10.4. The highest BCUT2D eigenvalue weighted by molar-refractivity contribution is 9.10. The van der Waals surface area contributed by atoms with Crippen LogP contribution in [0.15, 0.2) is 46.9 Å². The average Bonchev–Trinajstić information content (AvgIpc) is 2.73. The van der Waals surface area contributed by atoms with Crippen molar-refractivity contribution in [3.05, 3.63) is 63.1 Å². The Morgan fingerprint density at radius 1 is 1.10 bits per heavy atom. The van der Waals surface area contributed by atoms with Crippen molar-refractivity contribution >= 4 is 39.3 Å². The van der Waals surface area contributed by atoms with E-state index in [1.54, 1.807) is 42.5 Å². The SMILES string of the molecule is N#Cc1ccc(OC2CCC(C(=O)OCC(=O)c3ccc(Br)cc3)CC2)cc1Cl. The van der Waals surface area contributed by atoms with Gasteiger partial charge in [0.05, 0.1) is 22.6 Å². The van der Waals surface area contributed by atoms with Crippen LogP contribution in [-0.4, -0.2) is 24.5 Å². The van der Waals surface area contributed by atoms with E-state index in [4.69, 9.17) is 26.3 Å². The zero-order chi connectivity index (χ0) is 20.8. The number of ether oxygens (including phenoxy) is 2. The molecule has 150 valence electrons. The highest BCUT2D eigenvalue weighted by Crippen LogP contribution is 2.30. The minimum atomic E-state index is -0.338. The number of ketones is 1. The molecule has 7 heteroatoms. The van der Waals surface area contributed by atoms with Crippen LogP contribution in [-0.2, 0) is 9.53 Å². The first kappa shape index (κ1) is 21.4. The van der Waals surface area contributed by atoms with Gasteiger partial charge < -0.3 is 9.47 Å². The molecule has 2 aromatic carbocycles. The van der Waals surface area contributed by atoms with Crippen LogP contribution in [0.2, 0.25) is 5.02 Å². The number of benzene rings is 2. The summed E-state index contributed by atoms with van der Waals surface area (Å²) < 4.78 is 12.0. The topological polar surface area (TPSA) is 76.4 Å². The molecule has 0 radical (unpaired) electrons. The van der Waals surface area contributed by atoms with Crippen molar-refractivity contribution in [1.82, 2.24) is 0 Å². The fraction of sp³-hybridized carbons (Fsp3) is 0.318. The Morgan fingerprint density at radius 2 is 1.79 bits per heavy atom. The average molecular weight is 477 g/mol. The number of nitriles is 1. The van der Waals surface area contributed by atoms with Gasteiger partial charge in [0.1, 0.15) is 11.8 Å². The summed E-state index contributed by atoms with van der Waals surface area (Å²) >= 11 is 9.35. The summed E-state index contributed by atoms with van der Waals surface area (Å²) in [5, 5.41) is 9.28. The number of Topliss-reactive ketones (excluding diaryl/α,β-unsaturated/α-hetero) is 1. The van der Waals surface area contributed by atoms with E-state index in [-0.39, 0.29) is 30.4 Å². The number of nitrogens with zero attached hydrogens (tertiary/aromatic N) is 1. The Hall–Kier alpha value is -2.36. The zero-order valence-electron chi connectivity index (χ0n) is 15.6. The highest BCUT2D eigenvalue weighted by atomic mass is 79.9. The molecule has 0 spiro atoms. The van der Waals surface area contributed by atoms with E-state index in [9.17, 15) is 9.59 Å². The van der Waals surface area contributed by atoms with Crippen molar-refractivity contribution in [1.29, 1.82) is 5.26 Å². The molecule has 1 saturated carbocycles. The summed E-state index contributed by atoms with van der Waals surface area (Å²) in [5.74, 6) is -0.173. The number of rotatable bonds is 6. The van der Waals surface area contributed by atoms with Gasteiger partial charge in [-0.1, -0.05) is 39.7 Å². The van der Waals surface area contributed by atoms with Crippen LogP contribution in [0.3, 0.4) is 0 Å². The number of carbonyl (C=O) groups excluding carboxylic acids is 2. The molecule has 3 rings (SSSR count). The van der Waals surface area contributed by atoms with Gasteiger partial charge in [-0.2, -0.15) is 5.26 Å². The lowest BCUT2D eigenvalue weighted by Gasteiger charge is -2.27. The highest BCUT2D eigenvalue weighted by Gasteiger charge is 2.29. The summed E-state index contributed by atoms with van der Waals surface area (Å²) in [6.07, 6.45) is 2.67. The van der Waals surface area contributed by atoms with Gasteiger partial charge in [-0.3, -0.25) is 9.59 Å². The molecule has 0 bridgehead atoms. The summed E-state index contributed by atoms with van der Waals surface area (Å²) in [4.78, 5) is 24.4. The fourth-order valence-electron chi connectivity index (χ4n) is 3.24. The molecule has 2 aromatic rings. The molecule has 0 unspecified atom stereocenters. The first-order chi connectivity index (χ1) is 14.0. The molecular formula is C22H19BrClNO4. The van der Waals surface area contributed by atoms with E-state index in [0.717, 1.165) is 4.47 Å². The maximum atomic E-state index is 12.3. The lowest BCUT2D eigenvalue weighted by Crippen LogP contribution is -2.30. The van der Waals surface area contributed by atoms with Gasteiger partial charge in [-0.05, 0) is 49.9 Å². The molecule has 0 heterocycles. The monoisotopic (exact) mass is 475 g/mol. The van der Waals surface area contributed by atoms with Crippen LogP contribution >= 0.6 is 27.5 Å². The number of carbonyl (C=O) groups is 2. The number of esters is 1. The molecule has 0 atom stereocenters. The molecule has 5 nitrogen and oxygen atoms in total. The van der Waals surface area contributed by atoms with Gasteiger partial charge in [0, 0.05) is 16.1 Å². The summed E-state index contributed by atoms with van der Waals surface area (Å²) in [6, 6.07) is 13.9. The van der Waals surface area contributed by atoms with Gasteiger partial charge in [-0.25, -0.2) is 0 Å². The second-order valence-electron chi connectivity index (χ2n) is 6.88. The van der Waals surface area contributed by atoms with Crippen molar-refractivity contribution < 1.29 is 19.1 Å². The van der Waals surface area contributed by atoms with E-state index in [1.165, 1.54) is 0 Å². The fourth-order valence-corrected chi connectivity index (χ4v) is 3.72. The molecule has 0 aliphatic heterocycles. The van der Waals surface area contributed by atoms with E-state index < -0.39 is 0 Å². The van der Waals surface area contributed by atoms with Gasteiger partial charge in [0.25, 0.3) is 0 Å². The molecule has 29 heavy (non-hydrogen) atoms. The predicted octanol–water partition coefficient (Wildman–Crippen LogP) is 5.34. The van der Waals surface area contributed by atoms with Crippen molar-refractivity contribution in [3.63, 3.8) is 0 Å². The van der Waals surface area contributed by atoms with Gasteiger partial charge in [0.15, 0.2) is 12.4 Å². The van der Waals surface area contributed by atoms with Crippen LogP contribution in [0, 0.1) is 17.2 Å². The Kier molecular flexibility index (Phi) is 7.29. The third kappa shape index (κ3) is 5.81. The molecule has 1 aliphatic rings. The maximum absolute atomic E-state index is 12.3. The van der Waals surface area contributed by atoms with E-state index in [2.05, 4.69) is 15.9 Å². The summed E-state index contributed by atoms with van der Waals surface area (Å²) in [5.41, 5.74) is 0.919. The van der Waals surface area contributed by atoms with Gasteiger partial charge in [-0.15, -0.1) is 0 Å². The van der Waals surface area contributed by atoms with E-state index >= 15 is 0 Å². The van der Waals surface area contributed by atoms with Crippen LogP contribution < -0.4 is 4.74 Å². The van der Waals surface area contributed by atoms with Crippen LogP contribution in [0.5, 0.6) is 5.75 Å². The molecule has 1 aliphatic carbocycles. The lowest BCUT2D eigenvalue weighted by molar-refractivity contribution is -0.149. The molecule has 0 N–H and O–H groups in total. The minimum absolute atomic E-state index is 0.0209. The van der Waals surface area contributed by atoms with Crippen molar-refractivity contribution in [3.8, 4) is 11.8 Å². The van der Waals surface area contributed by atoms with Gasteiger partial charge >= 0.3 is 5.97 Å². The normalized spacial score (nSPS) is 18.5. The molecule has 0 aromatic heterocycles. The first-order valence-electron chi connectivity index (χ1n) is 9.28. The van der Waals surface area contributed by atoms with E-state index in [1.807, 2.05) is 6.07 Å². The van der Waals surface area contributed by atoms with Crippen molar-refractivity contribution in [2.24, 2.45) is 5.92 Å². The van der Waals surface area contributed by atoms with Crippen LogP contribution in [0.25, 0.3) is 0 Å². The van der Waals surface area contributed by atoms with Gasteiger partial charge in [0.2, 0.25) is 0 Å². The Morgan fingerprint density at radius 3 is 2.41 bits per heavy atom. The second kappa shape index (κ2) is 9.91. The second-order valence-corrected chi connectivity index (χ2v) is 8.21. The molecule has 0 saturated heterocycles. The summed E-state index contributed by atoms with van der Waals surface area (Å²) in [7, 11) is 0. The lowest BCUT2D eigenvalue weighted by atomic mass is 9.87. The number of hydrogen-bond donors (Lipinski definition) is 0. The van der Waals surface area contributed by atoms with Crippen LogP contribution in [0.4, 0.5) is 0 Å². The van der Waals surface area contributed by atoms with Crippen molar-refractivity contribution in [2.75, 3.05) is 6.61 Å². The Balaban J connectivity index is 1.44. The third-order valence-electron chi connectivity index (χ3n) is 4.88. The summed E-state index contributed by atoms with van der Waals surface area (Å²) in [6.45, 7) is -0.249. The minimum Gasteiger partial charge on any atom is -0.490 e. The van der Waals surface area contributed by atoms with Crippen LogP contribution in [0.1, 0.15) is 41.6 Å². The Bertz CT molecular complexity index is 931. The predicted molar refractivity (Wildman–Crippen MR) is 112 cm³/mol. The quantitative estimate of drug-likeness (QED) is 0.415. The zero-order valence-corrected chi connectivity index (χ0v) is 17.9. The molecular weight excluding hydrogens is 458 g/mol. The Labute approximate surface area is 182 Å². The largest absolute Gasteiger partial charge is 0.490 e. The molecule has 0 amide bonds. The van der Waals surface area contributed by atoms with E-state index in [0.29, 0.717) is 47.6 Å². The van der Waals surface area contributed by atoms with Crippen molar-refractivity contribution in [2.45, 2.75) is 31.8 Å². The number of halogens is 2. The standard InChI is InChI=1S/C22H19BrClNO4/c23-17-6-1-14(2-7-17)21(26)13-28-22(27)15-3-8-18(9-4-15)29-19-10-5-16(12-25)20(24)11-19/h1-2,5-7,10-11,15,18H,3-4,8-9,13H2. The molecule has 1 fully saturated rings. The third-order valence-corrected chi connectivity index (χ3v) is 5.72. The number of hydrogen-bond acceptors (Lipinski definition) is 5. The maximum Gasteiger partial charge on any atom is 0.309 e. The smallest absolute Gasteiger partial charge is 0.309 e.